The van der Waals surface area contributed by atoms with Gasteiger partial charge in [-0.1, -0.05) is 46.5 Å². The molecule has 3 heteroatoms. The summed E-state index contributed by atoms with van der Waals surface area (Å²) in [4.78, 5) is 13.3. The number of hydrogen-bond donors (Lipinski definition) is 1. The van der Waals surface area contributed by atoms with Gasteiger partial charge in [-0.15, -0.1) is 0 Å². The van der Waals surface area contributed by atoms with E-state index in [4.69, 9.17) is 5.11 Å². The predicted octanol–water partition coefficient (Wildman–Crippen LogP) is 4.56. The van der Waals surface area contributed by atoms with Crippen LogP contribution in [0.15, 0.2) is 0 Å². The summed E-state index contributed by atoms with van der Waals surface area (Å²) in [5, 5.41) is 8.84. The van der Waals surface area contributed by atoms with Gasteiger partial charge in [0.05, 0.1) is 0 Å². The lowest BCUT2D eigenvalue weighted by Crippen LogP contribution is -2.56. The van der Waals surface area contributed by atoms with Gasteiger partial charge in [0, 0.05) is 19.5 Å². The minimum atomic E-state index is -0.648. The summed E-state index contributed by atoms with van der Waals surface area (Å²) in [6.45, 7) is 10.5. The lowest BCUT2D eigenvalue weighted by atomic mass is 9.72. The molecule has 124 valence electrons. The maximum Gasteiger partial charge on any atom is 0.303 e. The van der Waals surface area contributed by atoms with Crippen molar-refractivity contribution < 1.29 is 9.90 Å². The third-order valence-corrected chi connectivity index (χ3v) is 5.00. The first-order valence-electron chi connectivity index (χ1n) is 8.99. The van der Waals surface area contributed by atoms with Crippen LogP contribution in [-0.2, 0) is 4.79 Å². The molecule has 1 saturated heterocycles. The molecule has 0 aromatic rings. The van der Waals surface area contributed by atoms with Crippen molar-refractivity contribution in [3.63, 3.8) is 0 Å². The van der Waals surface area contributed by atoms with Crippen LogP contribution >= 0.6 is 0 Å². The number of likely N-dealkylation sites (tertiary alicyclic amines) is 1. The van der Waals surface area contributed by atoms with Crippen LogP contribution in [0.2, 0.25) is 0 Å². The molecule has 0 bridgehead atoms. The van der Waals surface area contributed by atoms with E-state index in [0.29, 0.717) is 17.8 Å². The molecule has 1 N–H and O–H groups in total. The molecular weight excluding hydrogens is 262 g/mol. The Morgan fingerprint density at radius 3 is 2.14 bits per heavy atom. The van der Waals surface area contributed by atoms with E-state index in [-0.39, 0.29) is 0 Å². The van der Waals surface area contributed by atoms with Crippen LogP contribution in [0.1, 0.15) is 78.6 Å². The molecule has 0 aromatic carbocycles. The number of carboxylic acids is 1. The zero-order valence-electron chi connectivity index (χ0n) is 14.4. The molecule has 1 rings (SSSR count). The molecule has 1 unspecified atom stereocenters. The molecule has 0 radical (unpaired) electrons. The van der Waals surface area contributed by atoms with E-state index in [1.165, 1.54) is 64.6 Å². The number of aliphatic carboxylic acids is 1. The quantitative estimate of drug-likeness (QED) is 0.574. The first-order chi connectivity index (χ1) is 10.0. The second-order valence-corrected chi connectivity index (χ2v) is 7.09. The highest BCUT2D eigenvalue weighted by atomic mass is 16.4. The van der Waals surface area contributed by atoms with Crippen LogP contribution in [0.25, 0.3) is 0 Å². The monoisotopic (exact) mass is 297 g/mol. The first-order valence-corrected chi connectivity index (χ1v) is 8.99. The summed E-state index contributed by atoms with van der Waals surface area (Å²) < 4.78 is 0. The Hall–Kier alpha value is -0.570. The van der Waals surface area contributed by atoms with Crippen LogP contribution in [0.3, 0.4) is 0 Å². The lowest BCUT2D eigenvalue weighted by Gasteiger charge is -2.51. The first kappa shape index (κ1) is 18.5. The van der Waals surface area contributed by atoms with Crippen LogP contribution in [0.5, 0.6) is 0 Å². The Balaban J connectivity index is 2.29. The highest BCUT2D eigenvalue weighted by Crippen LogP contribution is 2.39. The van der Waals surface area contributed by atoms with Gasteiger partial charge in [0.15, 0.2) is 0 Å². The number of rotatable bonds is 12. The summed E-state index contributed by atoms with van der Waals surface area (Å²) in [6, 6.07) is 0. The van der Waals surface area contributed by atoms with Crippen LogP contribution in [-0.4, -0.2) is 35.6 Å². The summed E-state index contributed by atoms with van der Waals surface area (Å²) in [7, 11) is 0. The number of carbonyl (C=O) groups is 1. The molecule has 1 heterocycles. The van der Waals surface area contributed by atoms with E-state index >= 15 is 0 Å². The van der Waals surface area contributed by atoms with Crippen molar-refractivity contribution in [1.29, 1.82) is 0 Å². The van der Waals surface area contributed by atoms with Gasteiger partial charge in [0.25, 0.3) is 0 Å². The Bertz CT molecular complexity index is 290. The molecule has 21 heavy (non-hydrogen) atoms. The van der Waals surface area contributed by atoms with Crippen LogP contribution < -0.4 is 0 Å². The molecule has 1 aliphatic heterocycles. The Morgan fingerprint density at radius 1 is 1.05 bits per heavy atom. The van der Waals surface area contributed by atoms with Gasteiger partial charge in [-0.2, -0.15) is 0 Å². The molecule has 0 spiro atoms. The molecular formula is C18H35NO2. The molecule has 1 fully saturated rings. The molecule has 0 aliphatic carbocycles. The van der Waals surface area contributed by atoms with Gasteiger partial charge >= 0.3 is 5.97 Å². The van der Waals surface area contributed by atoms with Gasteiger partial charge in [-0.25, -0.2) is 0 Å². The van der Waals surface area contributed by atoms with Crippen LogP contribution in [0, 0.1) is 11.3 Å². The van der Waals surface area contributed by atoms with Gasteiger partial charge in [0.1, 0.15) is 0 Å². The fourth-order valence-corrected chi connectivity index (χ4v) is 4.10. The molecule has 3 nitrogen and oxygen atoms in total. The van der Waals surface area contributed by atoms with Crippen molar-refractivity contribution in [2.45, 2.75) is 78.6 Å². The van der Waals surface area contributed by atoms with Gasteiger partial charge in [-0.3, -0.25) is 4.79 Å². The smallest absolute Gasteiger partial charge is 0.303 e. The van der Waals surface area contributed by atoms with E-state index in [1.54, 1.807) is 0 Å². The van der Waals surface area contributed by atoms with E-state index in [9.17, 15) is 4.79 Å². The van der Waals surface area contributed by atoms with Gasteiger partial charge in [0.2, 0.25) is 0 Å². The minimum absolute atomic E-state index is 0.334. The SMILES string of the molecule is CCCC(CCC(=O)O)CCN1CC(CCC)(CCC)C1. The zero-order valence-corrected chi connectivity index (χ0v) is 14.4. The number of hydrogen-bond acceptors (Lipinski definition) is 2. The molecule has 0 saturated carbocycles. The predicted molar refractivity (Wildman–Crippen MR) is 88.6 cm³/mol. The molecule has 1 aliphatic rings. The normalized spacial score (nSPS) is 19.2. The fourth-order valence-electron chi connectivity index (χ4n) is 4.10. The third kappa shape index (κ3) is 6.37. The average molecular weight is 297 g/mol. The second kappa shape index (κ2) is 9.45. The highest BCUT2D eigenvalue weighted by molar-refractivity contribution is 5.66. The zero-order chi connectivity index (χ0) is 15.7. The summed E-state index contributed by atoms with van der Waals surface area (Å²) >= 11 is 0. The number of nitrogens with zero attached hydrogens (tertiary/aromatic N) is 1. The fraction of sp³-hybridized carbons (Fsp3) is 0.944. The molecule has 1 atom stereocenters. The van der Waals surface area contributed by atoms with E-state index in [2.05, 4.69) is 25.7 Å². The van der Waals surface area contributed by atoms with Crippen molar-refractivity contribution in [3.8, 4) is 0 Å². The standard InChI is InChI=1S/C18H35NO2/c1-4-7-16(8-9-17(20)21)10-13-19-14-18(15-19,11-5-2)12-6-3/h16H,4-15H2,1-3H3,(H,20,21). The van der Waals surface area contributed by atoms with E-state index < -0.39 is 5.97 Å². The highest BCUT2D eigenvalue weighted by Gasteiger charge is 2.40. The van der Waals surface area contributed by atoms with Crippen molar-refractivity contribution in [2.24, 2.45) is 11.3 Å². The maximum atomic E-state index is 10.7. The minimum Gasteiger partial charge on any atom is -0.481 e. The number of carboxylic acid groups (broad SMARTS) is 1. The lowest BCUT2D eigenvalue weighted by molar-refractivity contribution is -0.137. The Morgan fingerprint density at radius 2 is 1.67 bits per heavy atom. The third-order valence-electron chi connectivity index (χ3n) is 5.00. The summed E-state index contributed by atoms with van der Waals surface area (Å²) in [5.74, 6) is -0.0524. The topological polar surface area (TPSA) is 40.5 Å². The van der Waals surface area contributed by atoms with Crippen molar-refractivity contribution in [1.82, 2.24) is 4.90 Å². The van der Waals surface area contributed by atoms with E-state index in [1.807, 2.05) is 0 Å². The summed E-state index contributed by atoms with van der Waals surface area (Å²) in [5.41, 5.74) is 0.602. The van der Waals surface area contributed by atoms with E-state index in [0.717, 1.165) is 6.42 Å². The molecule has 0 amide bonds. The molecule has 0 aromatic heterocycles. The average Bonchev–Trinajstić information content (AvgIpc) is 2.39. The Labute approximate surface area is 131 Å². The van der Waals surface area contributed by atoms with Crippen molar-refractivity contribution in [2.75, 3.05) is 19.6 Å². The van der Waals surface area contributed by atoms with Crippen molar-refractivity contribution in [3.05, 3.63) is 0 Å². The van der Waals surface area contributed by atoms with Crippen LogP contribution in [0.4, 0.5) is 0 Å². The Kier molecular flexibility index (Phi) is 8.31. The second-order valence-electron chi connectivity index (χ2n) is 7.09. The largest absolute Gasteiger partial charge is 0.481 e. The maximum absolute atomic E-state index is 10.7. The van der Waals surface area contributed by atoms with Gasteiger partial charge in [-0.05, 0) is 43.6 Å². The van der Waals surface area contributed by atoms with Gasteiger partial charge < -0.3 is 10.0 Å². The summed E-state index contributed by atoms with van der Waals surface area (Å²) in [6.07, 6.45) is 10.0. The van der Waals surface area contributed by atoms with Crippen molar-refractivity contribution >= 4 is 5.97 Å².